The van der Waals surface area contributed by atoms with Gasteiger partial charge in [-0.25, -0.2) is 0 Å². The van der Waals surface area contributed by atoms with E-state index in [0.717, 1.165) is 25.7 Å². The molecule has 0 atom stereocenters. The molecular formula is C15H20N2O4. The maximum Gasteiger partial charge on any atom is 0.258 e. The predicted molar refractivity (Wildman–Crippen MR) is 77.1 cm³/mol. The van der Waals surface area contributed by atoms with Crippen LogP contribution in [0.5, 0.6) is 11.5 Å². The lowest BCUT2D eigenvalue weighted by molar-refractivity contribution is -0.119. The van der Waals surface area contributed by atoms with Crippen molar-refractivity contribution in [2.24, 2.45) is 5.73 Å². The van der Waals surface area contributed by atoms with Crippen LogP contribution in [0.3, 0.4) is 0 Å². The van der Waals surface area contributed by atoms with E-state index in [4.69, 9.17) is 10.5 Å². The van der Waals surface area contributed by atoms with E-state index in [1.807, 2.05) is 0 Å². The molecule has 0 saturated heterocycles. The molecule has 6 nitrogen and oxygen atoms in total. The Kier molecular flexibility index (Phi) is 4.67. The summed E-state index contributed by atoms with van der Waals surface area (Å²) in [5.41, 5.74) is 5.38. The molecule has 0 bridgehead atoms. The summed E-state index contributed by atoms with van der Waals surface area (Å²) in [6, 6.07) is 4.44. The molecule has 0 radical (unpaired) electrons. The molecule has 0 aromatic heterocycles. The van der Waals surface area contributed by atoms with Gasteiger partial charge in [-0.1, -0.05) is 12.8 Å². The van der Waals surface area contributed by atoms with E-state index in [1.165, 1.54) is 24.1 Å². The van der Waals surface area contributed by atoms with Crippen LogP contribution in [0.15, 0.2) is 18.2 Å². The Morgan fingerprint density at radius 1 is 1.38 bits per heavy atom. The van der Waals surface area contributed by atoms with Gasteiger partial charge in [0.1, 0.15) is 11.5 Å². The minimum Gasteiger partial charge on any atom is -0.507 e. The van der Waals surface area contributed by atoms with Gasteiger partial charge in [-0.3, -0.25) is 9.59 Å². The van der Waals surface area contributed by atoms with Gasteiger partial charge >= 0.3 is 0 Å². The summed E-state index contributed by atoms with van der Waals surface area (Å²) in [7, 11) is 1.48. The number of hydrogen-bond acceptors (Lipinski definition) is 4. The number of amides is 2. The summed E-state index contributed by atoms with van der Waals surface area (Å²) in [6.45, 7) is -0.139. The quantitative estimate of drug-likeness (QED) is 0.854. The van der Waals surface area contributed by atoms with Crippen LogP contribution in [-0.2, 0) is 4.79 Å². The van der Waals surface area contributed by atoms with Crippen molar-refractivity contribution >= 4 is 11.8 Å². The van der Waals surface area contributed by atoms with E-state index in [2.05, 4.69) is 0 Å². The van der Waals surface area contributed by atoms with Crippen LogP contribution < -0.4 is 10.5 Å². The normalized spacial score (nSPS) is 14.9. The molecule has 3 N–H and O–H groups in total. The highest BCUT2D eigenvalue weighted by Crippen LogP contribution is 2.28. The third-order valence-electron chi connectivity index (χ3n) is 3.79. The maximum absolute atomic E-state index is 12.7. The minimum atomic E-state index is -0.558. The van der Waals surface area contributed by atoms with Gasteiger partial charge in [0, 0.05) is 6.04 Å². The fourth-order valence-corrected chi connectivity index (χ4v) is 2.72. The van der Waals surface area contributed by atoms with Crippen LogP contribution in [0.25, 0.3) is 0 Å². The van der Waals surface area contributed by atoms with Gasteiger partial charge in [0.15, 0.2) is 0 Å². The van der Waals surface area contributed by atoms with Crippen molar-refractivity contribution < 1.29 is 19.4 Å². The van der Waals surface area contributed by atoms with E-state index < -0.39 is 11.8 Å². The van der Waals surface area contributed by atoms with Crippen molar-refractivity contribution in [3.8, 4) is 11.5 Å². The number of benzene rings is 1. The molecule has 0 spiro atoms. The number of nitrogens with two attached hydrogens (primary N) is 1. The number of carbonyl (C=O) groups is 2. The van der Waals surface area contributed by atoms with Crippen molar-refractivity contribution in [2.75, 3.05) is 13.7 Å². The Hall–Kier alpha value is -2.24. The first kappa shape index (κ1) is 15.2. The molecule has 1 aromatic carbocycles. The fourth-order valence-electron chi connectivity index (χ4n) is 2.72. The van der Waals surface area contributed by atoms with Crippen LogP contribution in [-0.4, -0.2) is 41.5 Å². The maximum atomic E-state index is 12.7. The van der Waals surface area contributed by atoms with Crippen molar-refractivity contribution in [1.82, 2.24) is 4.90 Å². The molecule has 1 aliphatic rings. The SMILES string of the molecule is COc1ccc(O)c(C(=O)N(CC(N)=O)C2CCCC2)c1. The van der Waals surface area contributed by atoms with Crippen molar-refractivity contribution in [1.29, 1.82) is 0 Å². The molecule has 1 aromatic rings. The number of nitrogens with zero attached hydrogens (tertiary/aromatic N) is 1. The molecule has 1 saturated carbocycles. The summed E-state index contributed by atoms with van der Waals surface area (Å²) in [6.07, 6.45) is 3.75. The second kappa shape index (κ2) is 6.47. The number of aromatic hydroxyl groups is 1. The Morgan fingerprint density at radius 2 is 2.05 bits per heavy atom. The monoisotopic (exact) mass is 292 g/mol. The number of methoxy groups -OCH3 is 1. The topological polar surface area (TPSA) is 92.9 Å². The van der Waals surface area contributed by atoms with Crippen LogP contribution in [0.1, 0.15) is 36.0 Å². The highest BCUT2D eigenvalue weighted by atomic mass is 16.5. The Labute approximate surface area is 123 Å². The summed E-state index contributed by atoms with van der Waals surface area (Å²) in [4.78, 5) is 25.4. The molecule has 2 rings (SSSR count). The zero-order valence-electron chi connectivity index (χ0n) is 12.0. The third-order valence-corrected chi connectivity index (χ3v) is 3.79. The van der Waals surface area contributed by atoms with Crippen molar-refractivity contribution in [2.45, 2.75) is 31.7 Å². The largest absolute Gasteiger partial charge is 0.507 e. The lowest BCUT2D eigenvalue weighted by Crippen LogP contribution is -2.44. The second-order valence-electron chi connectivity index (χ2n) is 5.22. The Bertz CT molecular complexity index is 538. The zero-order valence-corrected chi connectivity index (χ0v) is 12.0. The van der Waals surface area contributed by atoms with Gasteiger partial charge in [-0.05, 0) is 31.0 Å². The summed E-state index contributed by atoms with van der Waals surface area (Å²) < 4.78 is 5.07. The smallest absolute Gasteiger partial charge is 0.258 e. The highest BCUT2D eigenvalue weighted by molar-refractivity contribution is 5.99. The molecule has 0 heterocycles. The second-order valence-corrected chi connectivity index (χ2v) is 5.22. The number of ether oxygens (including phenoxy) is 1. The van der Waals surface area contributed by atoms with Crippen LogP contribution >= 0.6 is 0 Å². The average molecular weight is 292 g/mol. The Morgan fingerprint density at radius 3 is 2.62 bits per heavy atom. The fraction of sp³-hybridized carbons (Fsp3) is 0.467. The number of rotatable bonds is 5. The first-order valence-corrected chi connectivity index (χ1v) is 6.99. The Balaban J connectivity index is 2.30. The predicted octanol–water partition coefficient (Wildman–Crippen LogP) is 1.27. The molecule has 0 aliphatic heterocycles. The number of phenols is 1. The summed E-state index contributed by atoms with van der Waals surface area (Å²) in [5, 5.41) is 9.91. The zero-order chi connectivity index (χ0) is 15.4. The van der Waals surface area contributed by atoms with E-state index in [-0.39, 0.29) is 23.9 Å². The number of carbonyl (C=O) groups excluding carboxylic acids is 2. The number of primary amides is 1. The summed E-state index contributed by atoms with van der Waals surface area (Å²) in [5.74, 6) is -0.607. The minimum absolute atomic E-state index is 0.00407. The van der Waals surface area contributed by atoms with Crippen LogP contribution in [0.4, 0.5) is 0 Å². The van der Waals surface area contributed by atoms with E-state index in [9.17, 15) is 14.7 Å². The molecule has 21 heavy (non-hydrogen) atoms. The molecule has 1 fully saturated rings. The van der Waals surface area contributed by atoms with Crippen molar-refractivity contribution in [3.63, 3.8) is 0 Å². The van der Waals surface area contributed by atoms with E-state index >= 15 is 0 Å². The third kappa shape index (κ3) is 3.45. The lowest BCUT2D eigenvalue weighted by Gasteiger charge is -2.28. The van der Waals surface area contributed by atoms with Gasteiger partial charge in [-0.2, -0.15) is 0 Å². The number of hydrogen-bond donors (Lipinski definition) is 2. The lowest BCUT2D eigenvalue weighted by atomic mass is 10.1. The van der Waals surface area contributed by atoms with E-state index in [0.29, 0.717) is 5.75 Å². The van der Waals surface area contributed by atoms with Gasteiger partial charge in [0.2, 0.25) is 5.91 Å². The summed E-state index contributed by atoms with van der Waals surface area (Å²) >= 11 is 0. The van der Waals surface area contributed by atoms with E-state index in [1.54, 1.807) is 6.07 Å². The first-order chi connectivity index (χ1) is 10.0. The number of phenolic OH excluding ortho intramolecular Hbond substituents is 1. The van der Waals surface area contributed by atoms with Crippen LogP contribution in [0, 0.1) is 0 Å². The molecule has 114 valence electrons. The molecule has 1 aliphatic carbocycles. The van der Waals surface area contributed by atoms with Gasteiger partial charge in [-0.15, -0.1) is 0 Å². The average Bonchev–Trinajstić information content (AvgIpc) is 2.98. The first-order valence-electron chi connectivity index (χ1n) is 6.99. The highest BCUT2D eigenvalue weighted by Gasteiger charge is 2.30. The molecule has 2 amide bonds. The molecule has 0 unspecified atom stereocenters. The standard InChI is InChI=1S/C15H20N2O4/c1-21-11-6-7-13(18)12(8-11)15(20)17(9-14(16)19)10-4-2-3-5-10/h6-8,10,18H,2-5,9H2,1H3,(H2,16,19). The van der Waals surface area contributed by atoms with Crippen molar-refractivity contribution in [3.05, 3.63) is 23.8 Å². The van der Waals surface area contributed by atoms with Crippen LogP contribution in [0.2, 0.25) is 0 Å². The van der Waals surface area contributed by atoms with Gasteiger partial charge in [0.25, 0.3) is 5.91 Å². The molecular weight excluding hydrogens is 272 g/mol. The van der Waals surface area contributed by atoms with Gasteiger partial charge in [0.05, 0.1) is 19.2 Å². The van der Waals surface area contributed by atoms with Gasteiger partial charge < -0.3 is 20.5 Å². The molecule has 6 heteroatoms.